The third kappa shape index (κ3) is 12.2. The zero-order chi connectivity index (χ0) is 17.1. The molecule has 22 heavy (non-hydrogen) atoms. The largest absolute Gasteiger partial charge is 0.616 e. The van der Waals surface area contributed by atoms with E-state index in [9.17, 15) is 14.1 Å². The van der Waals surface area contributed by atoms with E-state index in [1.165, 1.54) is 0 Å². The molecule has 0 aromatic heterocycles. The fraction of sp³-hybridized carbons (Fsp3) is 0.889. The van der Waals surface area contributed by atoms with Crippen molar-refractivity contribution in [2.45, 2.75) is 79.1 Å². The predicted molar refractivity (Wildman–Crippen MR) is 94.5 cm³/mol. The molecule has 0 unspecified atom stereocenters. The van der Waals surface area contributed by atoms with Gasteiger partial charge in [0.15, 0.2) is 0 Å². The molecule has 0 bridgehead atoms. The quantitative estimate of drug-likeness (QED) is 0.271. The van der Waals surface area contributed by atoms with E-state index in [0.29, 0.717) is 0 Å². The highest BCUT2D eigenvalue weighted by Gasteiger charge is 2.16. The fourth-order valence-electron chi connectivity index (χ4n) is 2.26. The Morgan fingerprint density at radius 1 is 0.727 bits per heavy atom. The van der Waals surface area contributed by atoms with E-state index in [-0.39, 0.29) is 10.8 Å². The van der Waals surface area contributed by atoms with Gasteiger partial charge < -0.3 is 14.1 Å². The minimum atomic E-state index is -0.712. The number of carbonyl (C=O) groups excluding carboxylic acids is 2. The van der Waals surface area contributed by atoms with Crippen LogP contribution < -0.4 is 0 Å². The minimum absolute atomic E-state index is 0.214. The van der Waals surface area contributed by atoms with Crippen molar-refractivity contribution in [2.75, 3.05) is 11.5 Å². The summed E-state index contributed by atoms with van der Waals surface area (Å²) >= 11 is -0.712. The molecule has 0 heterocycles. The Bertz CT molecular complexity index is 283. The molecule has 0 saturated carbocycles. The standard InChI is InChI=1S/C18H34O3S/c1-17(2,15-19)11-7-5-9-13-22(21)14-10-6-8-12-18(3,4)16-20/h15-16H,5-14H2,1-4H3. The molecule has 3 nitrogen and oxygen atoms in total. The minimum Gasteiger partial charge on any atom is -0.616 e. The molecule has 0 aliphatic heterocycles. The van der Waals surface area contributed by atoms with E-state index in [0.717, 1.165) is 75.4 Å². The van der Waals surface area contributed by atoms with Crippen molar-refractivity contribution in [3.05, 3.63) is 0 Å². The molecular weight excluding hydrogens is 296 g/mol. The van der Waals surface area contributed by atoms with Crippen LogP contribution in [0.2, 0.25) is 0 Å². The summed E-state index contributed by atoms with van der Waals surface area (Å²) < 4.78 is 11.9. The van der Waals surface area contributed by atoms with Crippen molar-refractivity contribution < 1.29 is 14.1 Å². The van der Waals surface area contributed by atoms with E-state index in [4.69, 9.17) is 0 Å². The van der Waals surface area contributed by atoms with Crippen LogP contribution in [0.4, 0.5) is 0 Å². The van der Waals surface area contributed by atoms with Crippen molar-refractivity contribution in [1.82, 2.24) is 0 Å². The highest BCUT2D eigenvalue weighted by atomic mass is 32.2. The molecule has 0 atom stereocenters. The Hall–Kier alpha value is -0.350. The van der Waals surface area contributed by atoms with E-state index in [1.807, 2.05) is 27.7 Å². The molecule has 0 rings (SSSR count). The highest BCUT2D eigenvalue weighted by molar-refractivity contribution is 7.91. The van der Waals surface area contributed by atoms with Gasteiger partial charge in [-0.15, -0.1) is 0 Å². The number of rotatable bonds is 14. The van der Waals surface area contributed by atoms with Gasteiger partial charge in [0.25, 0.3) is 0 Å². The van der Waals surface area contributed by atoms with Crippen molar-refractivity contribution >= 4 is 23.7 Å². The molecule has 0 saturated heterocycles. The number of unbranched alkanes of at least 4 members (excludes halogenated alkanes) is 4. The van der Waals surface area contributed by atoms with Gasteiger partial charge in [0.05, 0.1) is 0 Å². The second-order valence-corrected chi connectivity index (χ2v) is 9.38. The van der Waals surface area contributed by atoms with Crippen LogP contribution in [-0.4, -0.2) is 28.6 Å². The Morgan fingerprint density at radius 2 is 1.09 bits per heavy atom. The smallest absolute Gasteiger partial charge is 0.125 e. The zero-order valence-corrected chi connectivity index (χ0v) is 15.7. The molecular formula is C18H34O3S. The van der Waals surface area contributed by atoms with Crippen LogP contribution in [0.1, 0.15) is 79.1 Å². The summed E-state index contributed by atoms with van der Waals surface area (Å²) in [6.07, 6.45) is 10.0. The van der Waals surface area contributed by atoms with Gasteiger partial charge in [-0.1, -0.05) is 51.7 Å². The van der Waals surface area contributed by atoms with Gasteiger partial charge in [0, 0.05) is 10.8 Å². The lowest BCUT2D eigenvalue weighted by Gasteiger charge is -2.17. The van der Waals surface area contributed by atoms with Crippen LogP contribution in [0, 0.1) is 10.8 Å². The Kier molecular flexibility index (Phi) is 11.0. The fourth-order valence-corrected chi connectivity index (χ4v) is 3.52. The lowest BCUT2D eigenvalue weighted by atomic mass is 9.89. The molecule has 0 aliphatic rings. The Labute approximate surface area is 139 Å². The number of carbonyl (C=O) groups is 2. The maximum absolute atomic E-state index is 11.9. The average molecular weight is 331 g/mol. The lowest BCUT2D eigenvalue weighted by Crippen LogP contribution is -2.14. The molecule has 0 fully saturated rings. The van der Waals surface area contributed by atoms with E-state index < -0.39 is 11.2 Å². The maximum Gasteiger partial charge on any atom is 0.125 e. The van der Waals surface area contributed by atoms with E-state index in [2.05, 4.69) is 0 Å². The first-order valence-corrected chi connectivity index (χ1v) is 9.99. The number of hydrogen-bond acceptors (Lipinski definition) is 3. The van der Waals surface area contributed by atoms with Crippen LogP contribution in [0.25, 0.3) is 0 Å². The van der Waals surface area contributed by atoms with Gasteiger partial charge in [-0.3, -0.25) is 0 Å². The number of hydrogen-bond donors (Lipinski definition) is 0. The summed E-state index contributed by atoms with van der Waals surface area (Å²) in [6, 6.07) is 0. The second kappa shape index (κ2) is 11.2. The topological polar surface area (TPSA) is 57.2 Å². The van der Waals surface area contributed by atoms with Crippen molar-refractivity contribution in [1.29, 1.82) is 0 Å². The van der Waals surface area contributed by atoms with E-state index >= 15 is 0 Å². The summed E-state index contributed by atoms with van der Waals surface area (Å²) in [5.74, 6) is 1.56. The maximum atomic E-state index is 11.9. The summed E-state index contributed by atoms with van der Waals surface area (Å²) in [7, 11) is 0. The van der Waals surface area contributed by atoms with Crippen LogP contribution in [0.15, 0.2) is 0 Å². The van der Waals surface area contributed by atoms with Gasteiger partial charge >= 0.3 is 0 Å². The second-order valence-electron chi connectivity index (χ2n) is 7.68. The molecule has 0 radical (unpaired) electrons. The summed E-state index contributed by atoms with van der Waals surface area (Å²) in [4.78, 5) is 21.6. The lowest BCUT2D eigenvalue weighted by molar-refractivity contribution is -0.115. The van der Waals surface area contributed by atoms with Crippen molar-refractivity contribution in [2.24, 2.45) is 10.8 Å². The normalized spacial score (nSPS) is 12.6. The first-order chi connectivity index (χ1) is 10.2. The Morgan fingerprint density at radius 3 is 1.41 bits per heavy atom. The first-order valence-electron chi connectivity index (χ1n) is 8.50. The van der Waals surface area contributed by atoms with Gasteiger partial charge in [0.1, 0.15) is 24.1 Å². The van der Waals surface area contributed by atoms with Crippen molar-refractivity contribution in [3.8, 4) is 0 Å². The monoisotopic (exact) mass is 330 g/mol. The molecule has 0 aliphatic carbocycles. The van der Waals surface area contributed by atoms with Gasteiger partial charge in [-0.2, -0.15) is 0 Å². The first kappa shape index (κ1) is 21.6. The molecule has 4 heteroatoms. The molecule has 0 spiro atoms. The van der Waals surface area contributed by atoms with Crippen LogP contribution >= 0.6 is 0 Å². The molecule has 130 valence electrons. The third-order valence-corrected chi connectivity index (χ3v) is 5.51. The van der Waals surface area contributed by atoms with Gasteiger partial charge in [-0.25, -0.2) is 0 Å². The van der Waals surface area contributed by atoms with Crippen LogP contribution in [-0.2, 0) is 20.8 Å². The van der Waals surface area contributed by atoms with E-state index in [1.54, 1.807) is 0 Å². The van der Waals surface area contributed by atoms with Gasteiger partial charge in [0.2, 0.25) is 0 Å². The summed E-state index contributed by atoms with van der Waals surface area (Å²) in [6.45, 7) is 7.85. The SMILES string of the molecule is CC(C)(C=O)CCCCC[S+]([O-])CCCCCC(C)(C)C=O. The molecule has 0 aromatic carbocycles. The van der Waals surface area contributed by atoms with Crippen LogP contribution in [0.3, 0.4) is 0 Å². The van der Waals surface area contributed by atoms with Crippen LogP contribution in [0.5, 0.6) is 0 Å². The Balaban J connectivity index is 3.49. The molecule has 0 N–H and O–H groups in total. The van der Waals surface area contributed by atoms with Crippen molar-refractivity contribution in [3.63, 3.8) is 0 Å². The summed E-state index contributed by atoms with van der Waals surface area (Å²) in [5.41, 5.74) is -0.428. The number of aldehydes is 2. The zero-order valence-electron chi connectivity index (χ0n) is 14.9. The molecule has 0 aromatic rings. The molecule has 0 amide bonds. The predicted octanol–water partition coefficient (Wildman–Crippen LogP) is 4.31. The third-order valence-electron chi connectivity index (χ3n) is 4.02. The highest BCUT2D eigenvalue weighted by Crippen LogP contribution is 2.22. The average Bonchev–Trinajstić information content (AvgIpc) is 2.46. The summed E-state index contributed by atoms with van der Waals surface area (Å²) in [5, 5.41) is 0. The van der Waals surface area contributed by atoms with Gasteiger partial charge in [-0.05, 0) is 38.5 Å².